The molecule has 37 nitrogen and oxygen atoms in total. The van der Waals surface area contributed by atoms with Gasteiger partial charge in [0.2, 0.25) is 95.0 Å². The van der Waals surface area contributed by atoms with Gasteiger partial charge in [-0.3, -0.25) is 76.7 Å². The summed E-state index contributed by atoms with van der Waals surface area (Å²) in [6.45, 7) is 29.8. The molecule has 4 aromatic carbocycles. The lowest BCUT2D eigenvalue weighted by Gasteiger charge is -2.31. The minimum atomic E-state index is -1.52. The number of aliphatic hydroxyl groups excluding tert-OH is 1. The van der Waals surface area contributed by atoms with Crippen LogP contribution in [0.5, 0.6) is 5.75 Å². The van der Waals surface area contributed by atoms with Gasteiger partial charge in [0.15, 0.2) is 0 Å². The van der Waals surface area contributed by atoms with Crippen LogP contribution in [-0.2, 0) is 102 Å². The first kappa shape index (κ1) is 109. The molecule has 0 saturated carbocycles. The summed E-state index contributed by atoms with van der Waals surface area (Å²) in [5.74, 6) is -14.9. The number of nitrogens with one attached hydrogen (secondary N) is 19. The fourth-order valence-corrected chi connectivity index (χ4v) is 15.8. The summed E-state index contributed by atoms with van der Waals surface area (Å²) >= 11 is 0. The van der Waals surface area contributed by atoms with Crippen LogP contribution in [0, 0.1) is 47.3 Å². The van der Waals surface area contributed by atoms with Gasteiger partial charge in [-0.05, 0) is 139 Å². The largest absolute Gasteiger partial charge is 0.508 e. The van der Waals surface area contributed by atoms with E-state index >= 15 is 28.8 Å². The molecule has 21 N–H and O–H groups in total. The number of hydrogen-bond acceptors (Lipinski definition) is 18. The van der Waals surface area contributed by atoms with Gasteiger partial charge in [-0.25, -0.2) is 0 Å². The number of carbonyl (C=O) groups excluding carboxylic acids is 16. The van der Waals surface area contributed by atoms with Gasteiger partial charge in [0.05, 0.1) is 13.2 Å². The average Bonchev–Trinajstić information content (AvgIpc) is 1.71. The third kappa shape index (κ3) is 33.1. The van der Waals surface area contributed by atoms with Crippen LogP contribution in [0.4, 0.5) is 0 Å². The molecule has 16 amide bonds. The summed E-state index contributed by atoms with van der Waals surface area (Å²) in [5.41, 5.74) is 4.58. The standard InChI is InChI=1S/C98H141N19O18/c1-19-58(16)84(104-50-119)95(132)103-49-80(121)105-59(17)85(122)107-72(38-51(2)3)88(125)106-60(18)86(123)115-82(56(12)13)97(134)117-83(57(14)15)98(135)116-81(55(10)11)96(133)114-79(45-64-48-102-71-31-25-22-28-68(64)71)94(131)110-73(39-52(4)5)89(126)111-76(42-61-32-34-65(120)35-33-61)92(129)108-75(41-54(8)9)91(128)113-78(44-63-47-101-70-30-24-21-27-67(63)70)93(130)109-74(40-53(6)7)90(127)112-77(87(124)99-36-37-118)43-62-46-100-69-29-23-20-26-66(62)69/h20-35,46-48,50-60,72-79,81-84,100-102,118,120H,19,36-45,49H2,1-18H3,(H,99,124)(H,103,132)(H,104,119)(H,105,121)(H,106,125)(H,107,122)(H,108,129)(H,109,130)(H,110,131)(H,111,126)(H,112,127)(H,113,128)(H,114,133)(H,115,123)(H,116,135)(H,117,134)/t58-,59-,60-,72+,73+,74+,75+,76-,77-,78-,79-,81+,82+,83-,84-/m0/s1. The molecule has 0 bridgehead atoms. The van der Waals surface area contributed by atoms with E-state index in [1.54, 1.807) is 107 Å². The molecule has 135 heavy (non-hydrogen) atoms. The van der Waals surface area contributed by atoms with Crippen LogP contribution in [0.2, 0.25) is 0 Å². The summed E-state index contributed by atoms with van der Waals surface area (Å²) < 4.78 is 0. The number of fused-ring (bicyclic) bond motifs is 3. The number of amides is 16. The van der Waals surface area contributed by atoms with Crippen LogP contribution >= 0.6 is 0 Å². The molecular formula is C98H141N19O18. The Kier molecular flexibility index (Phi) is 42.3. The van der Waals surface area contributed by atoms with Crippen molar-refractivity contribution in [1.82, 2.24) is 100 Å². The number of para-hydroxylation sites is 3. The minimum Gasteiger partial charge on any atom is -0.508 e. The van der Waals surface area contributed by atoms with Crippen molar-refractivity contribution in [3.63, 3.8) is 0 Å². The monoisotopic (exact) mass is 1870 g/mol. The van der Waals surface area contributed by atoms with Gasteiger partial charge in [-0.15, -0.1) is 0 Å². The van der Waals surface area contributed by atoms with E-state index in [1.807, 2.05) is 95.3 Å². The molecule has 7 rings (SSSR count). The third-order valence-electron chi connectivity index (χ3n) is 23.4. The quantitative estimate of drug-likeness (QED) is 0.0240. The van der Waals surface area contributed by atoms with E-state index in [4.69, 9.17) is 0 Å². The minimum absolute atomic E-state index is 0.0109. The molecule has 736 valence electrons. The molecule has 0 aliphatic carbocycles. The Balaban J connectivity index is 1.09. The van der Waals surface area contributed by atoms with Crippen LogP contribution < -0.4 is 85.1 Å². The lowest BCUT2D eigenvalue weighted by molar-refractivity contribution is -0.137. The van der Waals surface area contributed by atoms with E-state index in [0.717, 1.165) is 27.4 Å². The van der Waals surface area contributed by atoms with Crippen LogP contribution in [0.25, 0.3) is 32.7 Å². The smallest absolute Gasteiger partial charge is 0.243 e. The Hall–Kier alpha value is -13.2. The predicted molar refractivity (Wildman–Crippen MR) is 512 cm³/mol. The van der Waals surface area contributed by atoms with Crippen molar-refractivity contribution < 1.29 is 86.9 Å². The summed E-state index contributed by atoms with van der Waals surface area (Å²) in [6.07, 6.45) is 5.69. The van der Waals surface area contributed by atoms with E-state index in [2.05, 4.69) is 100 Å². The number of aliphatic hydroxyl groups is 1. The van der Waals surface area contributed by atoms with Gasteiger partial charge in [-0.1, -0.05) is 184 Å². The molecule has 15 atom stereocenters. The molecule has 37 heteroatoms. The molecule has 7 aromatic rings. The zero-order valence-electron chi connectivity index (χ0n) is 80.7. The van der Waals surface area contributed by atoms with Gasteiger partial charge in [-0.2, -0.15) is 0 Å². The molecule has 3 aromatic heterocycles. The number of H-pyrrole nitrogens is 3. The Labute approximate surface area is 788 Å². The van der Waals surface area contributed by atoms with Gasteiger partial charge < -0.3 is 110 Å². The Morgan fingerprint density at radius 1 is 0.326 bits per heavy atom. The first-order chi connectivity index (χ1) is 63.9. The molecule has 0 aliphatic rings. The number of hydrogen-bond donors (Lipinski definition) is 21. The highest BCUT2D eigenvalue weighted by Gasteiger charge is 2.41. The first-order valence-electron chi connectivity index (χ1n) is 46.6. The fourth-order valence-electron chi connectivity index (χ4n) is 15.8. The Morgan fingerprint density at radius 2 is 0.630 bits per heavy atom. The summed E-state index contributed by atoms with van der Waals surface area (Å²) in [4.78, 5) is 238. The Morgan fingerprint density at radius 3 is 0.985 bits per heavy atom. The normalized spacial score (nSPS) is 14.9. The van der Waals surface area contributed by atoms with Crippen molar-refractivity contribution in [2.75, 3.05) is 19.7 Å². The van der Waals surface area contributed by atoms with Gasteiger partial charge in [0.25, 0.3) is 0 Å². The number of rotatable bonds is 54. The lowest BCUT2D eigenvalue weighted by atomic mass is 9.97. The van der Waals surface area contributed by atoms with Crippen molar-refractivity contribution in [2.24, 2.45) is 47.3 Å². The van der Waals surface area contributed by atoms with Gasteiger partial charge >= 0.3 is 0 Å². The summed E-state index contributed by atoms with van der Waals surface area (Å²) in [5, 5.41) is 65.9. The number of phenolic OH excluding ortho intramolecular Hbond substituents is 1. The highest BCUT2D eigenvalue weighted by Crippen LogP contribution is 2.25. The number of aromatic hydroxyl groups is 1. The molecule has 0 aliphatic heterocycles. The fraction of sp³-hybridized carbons (Fsp3) is 0.531. The average molecular weight is 1870 g/mol. The van der Waals surface area contributed by atoms with E-state index in [1.165, 1.54) is 38.1 Å². The van der Waals surface area contributed by atoms with Crippen molar-refractivity contribution >= 4 is 128 Å². The number of benzene rings is 4. The highest BCUT2D eigenvalue weighted by molar-refractivity contribution is 6.02. The molecule has 0 saturated heterocycles. The van der Waals surface area contributed by atoms with E-state index in [9.17, 15) is 58.2 Å². The molecule has 0 fully saturated rings. The van der Waals surface area contributed by atoms with Crippen molar-refractivity contribution in [2.45, 2.75) is 267 Å². The second kappa shape index (κ2) is 52.4. The lowest BCUT2D eigenvalue weighted by Crippen LogP contribution is -2.62. The van der Waals surface area contributed by atoms with Crippen molar-refractivity contribution in [3.05, 3.63) is 138 Å². The van der Waals surface area contributed by atoms with Crippen molar-refractivity contribution in [1.29, 1.82) is 0 Å². The second-order valence-electron chi connectivity index (χ2n) is 37.7. The summed E-state index contributed by atoms with van der Waals surface area (Å²) in [7, 11) is 0. The maximum Gasteiger partial charge on any atom is 0.243 e. The predicted octanol–water partition coefficient (Wildman–Crippen LogP) is 3.99. The van der Waals surface area contributed by atoms with Crippen molar-refractivity contribution in [3.8, 4) is 5.75 Å². The zero-order valence-corrected chi connectivity index (χ0v) is 80.7. The first-order valence-corrected chi connectivity index (χ1v) is 46.6. The molecule has 0 unspecified atom stereocenters. The van der Waals surface area contributed by atoms with E-state index < -0.39 is 197 Å². The topological polar surface area (TPSA) is 553 Å². The SMILES string of the molecule is CC[C@H](C)[C@H](NC=O)C(=O)NCC(=O)N[C@@H](C)C(=O)N[C@H](CC(C)C)C(=O)N[C@@H](C)C(=O)N[C@@H](C(=O)N[C@H](C(=O)N[C@@H](C(=O)N[C@@H](Cc1c[nH]c2ccccc12)C(=O)N[C@H](CC(C)C)C(=O)N[C@@H](Cc1ccc(O)cc1)C(=O)N[C@H](CC(C)C)C(=O)N[C@@H](Cc1c[nH]c2ccccc12)C(=O)N[C@H](CC(C)C)C(=O)N[C@@H](Cc1c[nH]c2ccccc12)C(=O)NCCO)C(C)C)C(C)C)C(C)C. The molecular weight excluding hydrogens is 1730 g/mol. The molecule has 3 heterocycles. The third-order valence-corrected chi connectivity index (χ3v) is 23.4. The van der Waals surface area contributed by atoms with Gasteiger partial charge in [0.1, 0.15) is 90.3 Å². The van der Waals surface area contributed by atoms with Crippen LogP contribution in [0.3, 0.4) is 0 Å². The van der Waals surface area contributed by atoms with E-state index in [-0.39, 0.29) is 99.9 Å². The molecule has 0 spiro atoms. The number of aromatic nitrogens is 3. The maximum atomic E-state index is 15.4. The second-order valence-corrected chi connectivity index (χ2v) is 37.7. The van der Waals surface area contributed by atoms with Crippen LogP contribution in [0.1, 0.15) is 179 Å². The molecule has 0 radical (unpaired) electrons. The van der Waals surface area contributed by atoms with Gasteiger partial charge in [0, 0.05) is 83.5 Å². The van der Waals surface area contributed by atoms with Crippen LogP contribution in [0.15, 0.2) is 116 Å². The zero-order chi connectivity index (χ0) is 99.8. The van der Waals surface area contributed by atoms with Crippen LogP contribution in [-0.4, -0.2) is 224 Å². The number of phenols is 1. The number of carbonyl (C=O) groups is 16. The van der Waals surface area contributed by atoms with E-state index in [0.29, 0.717) is 40.4 Å². The highest BCUT2D eigenvalue weighted by atomic mass is 16.3. The number of aromatic amines is 3. The summed E-state index contributed by atoms with van der Waals surface area (Å²) in [6, 6.07) is 9.46. The Bertz CT molecular complexity index is 5210. The maximum absolute atomic E-state index is 15.4.